The summed E-state index contributed by atoms with van der Waals surface area (Å²) in [5.74, 6) is 1.08. The van der Waals surface area contributed by atoms with Crippen molar-refractivity contribution in [3.63, 3.8) is 0 Å². The molecule has 0 aliphatic rings. The number of nitrogens with zero attached hydrogens (tertiary/aromatic N) is 4. The van der Waals surface area contributed by atoms with E-state index >= 15 is 0 Å². The Morgan fingerprint density at radius 2 is 2.25 bits per heavy atom. The second kappa shape index (κ2) is 2.44. The van der Waals surface area contributed by atoms with Gasteiger partial charge in [0.25, 0.3) is 5.89 Å². The van der Waals surface area contributed by atoms with E-state index in [9.17, 15) is 0 Å². The smallest absolute Gasteiger partial charge is 0.250 e. The lowest BCUT2D eigenvalue weighted by Gasteiger charge is -1.83. The lowest BCUT2D eigenvalue weighted by molar-refractivity contribution is 0.532. The van der Waals surface area contributed by atoms with E-state index in [1.807, 2.05) is 13.2 Å². The van der Waals surface area contributed by atoms with E-state index in [1.54, 1.807) is 17.8 Å². The van der Waals surface area contributed by atoms with Gasteiger partial charge in [-0.25, -0.2) is 0 Å². The molecule has 0 N–H and O–H groups in total. The molecule has 0 unspecified atom stereocenters. The van der Waals surface area contributed by atoms with Crippen LogP contribution >= 0.6 is 0 Å². The summed E-state index contributed by atoms with van der Waals surface area (Å²) >= 11 is 0. The van der Waals surface area contributed by atoms with Gasteiger partial charge in [0.1, 0.15) is 0 Å². The second-order valence-electron chi connectivity index (χ2n) is 2.53. The highest BCUT2D eigenvalue weighted by Crippen LogP contribution is 2.15. The number of rotatable bonds is 1. The van der Waals surface area contributed by atoms with E-state index in [2.05, 4.69) is 15.3 Å². The molecule has 0 amide bonds. The molecule has 2 aromatic rings. The van der Waals surface area contributed by atoms with Gasteiger partial charge in [-0.3, -0.25) is 4.68 Å². The molecule has 0 saturated heterocycles. The lowest BCUT2D eigenvalue weighted by Crippen LogP contribution is -1.84. The maximum absolute atomic E-state index is 5.21. The fourth-order valence-corrected chi connectivity index (χ4v) is 0.945. The average molecular weight is 164 g/mol. The highest BCUT2D eigenvalue weighted by molar-refractivity contribution is 5.48. The molecule has 2 heterocycles. The maximum Gasteiger partial charge on any atom is 0.250 e. The van der Waals surface area contributed by atoms with Crippen LogP contribution in [-0.2, 0) is 7.05 Å². The summed E-state index contributed by atoms with van der Waals surface area (Å²) in [6, 6.07) is 0. The molecular formula is C7H8N4O. The zero-order valence-electron chi connectivity index (χ0n) is 6.85. The summed E-state index contributed by atoms with van der Waals surface area (Å²) in [7, 11) is 1.84. The second-order valence-corrected chi connectivity index (χ2v) is 2.53. The Bertz CT molecular complexity index is 351. The molecule has 0 aromatic carbocycles. The van der Waals surface area contributed by atoms with E-state index in [0.29, 0.717) is 11.8 Å². The molecule has 0 aliphatic carbocycles. The molecule has 12 heavy (non-hydrogen) atoms. The topological polar surface area (TPSA) is 56.7 Å². The van der Waals surface area contributed by atoms with Crippen molar-refractivity contribution in [1.82, 2.24) is 20.0 Å². The van der Waals surface area contributed by atoms with E-state index in [4.69, 9.17) is 4.42 Å². The first-order chi connectivity index (χ1) is 5.75. The highest BCUT2D eigenvalue weighted by atomic mass is 16.4. The first-order valence-corrected chi connectivity index (χ1v) is 3.55. The van der Waals surface area contributed by atoms with Crippen LogP contribution in [0.2, 0.25) is 0 Å². The Morgan fingerprint density at radius 1 is 1.42 bits per heavy atom. The minimum atomic E-state index is 0.514. The summed E-state index contributed by atoms with van der Waals surface area (Å²) < 4.78 is 6.90. The lowest BCUT2D eigenvalue weighted by atomic mass is 10.4. The van der Waals surface area contributed by atoms with Crippen molar-refractivity contribution < 1.29 is 4.42 Å². The van der Waals surface area contributed by atoms with Crippen molar-refractivity contribution in [2.24, 2.45) is 7.05 Å². The van der Waals surface area contributed by atoms with Crippen LogP contribution in [0, 0.1) is 6.92 Å². The fraction of sp³-hybridized carbons (Fsp3) is 0.286. The quantitative estimate of drug-likeness (QED) is 0.624. The summed E-state index contributed by atoms with van der Waals surface area (Å²) in [5.41, 5.74) is 0.845. The van der Waals surface area contributed by atoms with Crippen molar-refractivity contribution >= 4 is 0 Å². The largest absolute Gasteiger partial charge is 0.421 e. The molecule has 2 aromatic heterocycles. The summed E-state index contributed by atoms with van der Waals surface area (Å²) in [4.78, 5) is 0. The zero-order valence-corrected chi connectivity index (χ0v) is 6.85. The van der Waals surface area contributed by atoms with Crippen molar-refractivity contribution in [1.29, 1.82) is 0 Å². The SMILES string of the molecule is Cc1nnc(-c2cnn(C)c2)o1. The Labute approximate surface area is 69.0 Å². The van der Waals surface area contributed by atoms with Crippen LogP contribution in [0.3, 0.4) is 0 Å². The normalized spacial score (nSPS) is 10.5. The third kappa shape index (κ3) is 1.09. The first kappa shape index (κ1) is 7.02. The van der Waals surface area contributed by atoms with Gasteiger partial charge in [-0.05, 0) is 0 Å². The molecule has 0 atom stereocenters. The predicted octanol–water partition coefficient (Wildman–Crippen LogP) is 0.779. The van der Waals surface area contributed by atoms with Crippen LogP contribution in [0.4, 0.5) is 0 Å². The van der Waals surface area contributed by atoms with Gasteiger partial charge in [0, 0.05) is 20.2 Å². The van der Waals surface area contributed by atoms with Gasteiger partial charge in [0.2, 0.25) is 5.89 Å². The van der Waals surface area contributed by atoms with Crippen LogP contribution in [0.15, 0.2) is 16.8 Å². The molecule has 62 valence electrons. The summed E-state index contributed by atoms with van der Waals surface area (Å²) in [6.45, 7) is 1.76. The first-order valence-electron chi connectivity index (χ1n) is 3.55. The van der Waals surface area contributed by atoms with Crippen LogP contribution in [0.5, 0.6) is 0 Å². The average Bonchev–Trinajstić information content (AvgIpc) is 2.58. The number of aromatic nitrogens is 4. The van der Waals surface area contributed by atoms with Crippen molar-refractivity contribution in [3.8, 4) is 11.5 Å². The third-order valence-electron chi connectivity index (χ3n) is 1.48. The molecule has 0 saturated carbocycles. The van der Waals surface area contributed by atoms with Crippen LogP contribution in [0.1, 0.15) is 5.89 Å². The van der Waals surface area contributed by atoms with Gasteiger partial charge in [0.15, 0.2) is 0 Å². The number of hydrogen-bond donors (Lipinski definition) is 0. The molecule has 5 heteroatoms. The van der Waals surface area contributed by atoms with Crippen molar-refractivity contribution in [3.05, 3.63) is 18.3 Å². The monoisotopic (exact) mass is 164 g/mol. The molecule has 0 radical (unpaired) electrons. The molecule has 0 spiro atoms. The zero-order chi connectivity index (χ0) is 8.55. The Balaban J connectivity index is 2.43. The van der Waals surface area contributed by atoms with Gasteiger partial charge in [-0.2, -0.15) is 5.10 Å². The Morgan fingerprint density at radius 3 is 2.75 bits per heavy atom. The van der Waals surface area contributed by atoms with Crippen LogP contribution in [-0.4, -0.2) is 20.0 Å². The van der Waals surface area contributed by atoms with Gasteiger partial charge in [-0.1, -0.05) is 0 Å². The summed E-state index contributed by atoms with van der Waals surface area (Å²) in [5, 5.41) is 11.6. The van der Waals surface area contributed by atoms with Crippen molar-refractivity contribution in [2.45, 2.75) is 6.92 Å². The molecule has 5 nitrogen and oxygen atoms in total. The fourth-order valence-electron chi connectivity index (χ4n) is 0.945. The Hall–Kier alpha value is -1.65. The molecule has 0 aliphatic heterocycles. The van der Waals surface area contributed by atoms with Gasteiger partial charge >= 0.3 is 0 Å². The van der Waals surface area contributed by atoms with Crippen molar-refractivity contribution in [2.75, 3.05) is 0 Å². The number of aryl methyl sites for hydroxylation is 2. The molecule has 0 fully saturated rings. The highest BCUT2D eigenvalue weighted by Gasteiger charge is 2.06. The molecular weight excluding hydrogens is 156 g/mol. The third-order valence-corrected chi connectivity index (χ3v) is 1.48. The van der Waals surface area contributed by atoms with Gasteiger partial charge in [0.05, 0.1) is 11.8 Å². The standard InChI is InChI=1S/C7H8N4O/c1-5-9-10-7(12-5)6-3-8-11(2)4-6/h3-4H,1-2H3. The predicted molar refractivity (Wildman–Crippen MR) is 41.2 cm³/mol. The molecule has 2 rings (SSSR count). The van der Waals surface area contributed by atoms with E-state index < -0.39 is 0 Å². The van der Waals surface area contributed by atoms with Crippen LogP contribution < -0.4 is 0 Å². The minimum absolute atomic E-state index is 0.514. The molecule has 0 bridgehead atoms. The van der Waals surface area contributed by atoms with E-state index in [0.717, 1.165) is 5.56 Å². The maximum atomic E-state index is 5.21. The Kier molecular flexibility index (Phi) is 1.43. The van der Waals surface area contributed by atoms with Gasteiger partial charge < -0.3 is 4.42 Å². The van der Waals surface area contributed by atoms with E-state index in [-0.39, 0.29) is 0 Å². The summed E-state index contributed by atoms with van der Waals surface area (Å²) in [6.07, 6.45) is 3.51. The minimum Gasteiger partial charge on any atom is -0.421 e. The van der Waals surface area contributed by atoms with Gasteiger partial charge in [-0.15, -0.1) is 10.2 Å². The number of hydrogen-bond acceptors (Lipinski definition) is 4. The van der Waals surface area contributed by atoms with Crippen LogP contribution in [0.25, 0.3) is 11.5 Å². The van der Waals surface area contributed by atoms with E-state index in [1.165, 1.54) is 0 Å².